The fourth-order valence-corrected chi connectivity index (χ4v) is 1.87. The van der Waals surface area contributed by atoms with Crippen molar-refractivity contribution in [3.8, 4) is 0 Å². The van der Waals surface area contributed by atoms with E-state index in [1.165, 1.54) is 18.2 Å². The maximum Gasteiger partial charge on any atom is 0.238 e. The van der Waals surface area contributed by atoms with Crippen molar-refractivity contribution in [2.24, 2.45) is 5.14 Å². The van der Waals surface area contributed by atoms with Crippen LogP contribution in [0.25, 0.3) is 0 Å². The van der Waals surface area contributed by atoms with Crippen LogP contribution in [0.1, 0.15) is 5.56 Å². The highest BCUT2D eigenvalue weighted by molar-refractivity contribution is 7.89. The molecule has 0 unspecified atom stereocenters. The second kappa shape index (κ2) is 3.63. The van der Waals surface area contributed by atoms with Gasteiger partial charge in [-0.05, 0) is 18.2 Å². The molecule has 0 aliphatic carbocycles. The summed E-state index contributed by atoms with van der Waals surface area (Å²) in [5, 5.41) is 15.8. The first kappa shape index (κ1) is 10.5. The van der Waals surface area contributed by atoms with Gasteiger partial charge >= 0.3 is 0 Å². The zero-order chi connectivity index (χ0) is 10.1. The Morgan fingerprint density at radius 2 is 2.00 bits per heavy atom. The summed E-state index contributed by atoms with van der Waals surface area (Å²) in [7, 11) is -3.82. The molecule has 13 heavy (non-hydrogen) atoms. The quantitative estimate of drug-likeness (QED) is 0.804. The van der Waals surface area contributed by atoms with Gasteiger partial charge in [0.2, 0.25) is 10.0 Å². The van der Waals surface area contributed by atoms with E-state index in [0.29, 0.717) is 5.02 Å². The summed E-state index contributed by atoms with van der Waals surface area (Å²) in [5.74, 6) is 0. The van der Waals surface area contributed by atoms with Gasteiger partial charge in [-0.1, -0.05) is 11.6 Å². The molecule has 0 atom stereocenters. The smallest absolute Gasteiger partial charge is 0.232 e. The number of rotatable bonds is 2. The van der Waals surface area contributed by atoms with Crippen molar-refractivity contribution in [1.29, 1.82) is 0 Å². The molecule has 0 aliphatic rings. The molecule has 1 aromatic rings. The molecule has 2 N–H and O–H groups in total. The second-order valence-electron chi connectivity index (χ2n) is 2.44. The van der Waals surface area contributed by atoms with E-state index in [4.69, 9.17) is 16.7 Å². The van der Waals surface area contributed by atoms with Crippen molar-refractivity contribution in [3.63, 3.8) is 0 Å². The van der Waals surface area contributed by atoms with E-state index in [1.54, 1.807) is 0 Å². The van der Waals surface area contributed by atoms with Crippen molar-refractivity contribution in [2.75, 3.05) is 0 Å². The Morgan fingerprint density at radius 3 is 2.46 bits per heavy atom. The van der Waals surface area contributed by atoms with Crippen LogP contribution < -0.4 is 5.14 Å². The van der Waals surface area contributed by atoms with Gasteiger partial charge in [0.25, 0.3) is 0 Å². The van der Waals surface area contributed by atoms with Crippen molar-refractivity contribution in [2.45, 2.75) is 11.5 Å². The average molecular weight is 221 g/mol. The second-order valence-corrected chi connectivity index (χ2v) is 4.41. The standard InChI is InChI=1S/C7H7ClNO3S/c8-6-1-2-7(13(9,11)12)5(3-6)4-10/h1-3H,4H2,(H2,9,11,12). The monoisotopic (exact) mass is 220 g/mol. The Labute approximate surface area is 81.0 Å². The highest BCUT2D eigenvalue weighted by Gasteiger charge is 2.13. The van der Waals surface area contributed by atoms with Crippen LogP contribution in [0, 0.1) is 0 Å². The van der Waals surface area contributed by atoms with E-state index in [-0.39, 0.29) is 10.5 Å². The Balaban J connectivity index is 3.39. The van der Waals surface area contributed by atoms with Gasteiger partial charge in [0, 0.05) is 10.6 Å². The SMILES string of the molecule is NS(=O)(=O)c1ccc(Cl)cc1C[O]. The van der Waals surface area contributed by atoms with E-state index in [0.717, 1.165) is 0 Å². The summed E-state index contributed by atoms with van der Waals surface area (Å²) in [6, 6.07) is 3.90. The predicted octanol–water partition coefficient (Wildman–Crippen LogP) is 0.918. The number of hydrogen-bond donors (Lipinski definition) is 1. The molecule has 0 heterocycles. The normalized spacial score (nSPS) is 11.6. The Morgan fingerprint density at radius 1 is 1.38 bits per heavy atom. The van der Waals surface area contributed by atoms with Crippen molar-refractivity contribution in [1.82, 2.24) is 0 Å². The van der Waals surface area contributed by atoms with Crippen LogP contribution in [0.2, 0.25) is 5.02 Å². The van der Waals surface area contributed by atoms with E-state index >= 15 is 0 Å². The molecule has 1 rings (SSSR count). The maximum atomic E-state index is 10.9. The number of nitrogens with two attached hydrogens (primary N) is 1. The molecular formula is C7H7ClNO3S. The van der Waals surface area contributed by atoms with E-state index in [1.807, 2.05) is 0 Å². The summed E-state index contributed by atoms with van der Waals surface area (Å²) in [6.45, 7) is -0.660. The molecule has 6 heteroatoms. The van der Waals surface area contributed by atoms with E-state index < -0.39 is 16.6 Å². The minimum atomic E-state index is -3.82. The first-order valence-electron chi connectivity index (χ1n) is 3.34. The molecule has 71 valence electrons. The largest absolute Gasteiger partial charge is 0.238 e. The number of primary sulfonamides is 1. The fourth-order valence-electron chi connectivity index (χ4n) is 0.938. The van der Waals surface area contributed by atoms with Crippen LogP contribution in [0.3, 0.4) is 0 Å². The molecule has 0 saturated carbocycles. The average Bonchev–Trinajstić information content (AvgIpc) is 2.01. The highest BCUT2D eigenvalue weighted by Crippen LogP contribution is 2.19. The fraction of sp³-hybridized carbons (Fsp3) is 0.143. The molecule has 0 fully saturated rings. The van der Waals surface area contributed by atoms with Crippen molar-refractivity contribution in [3.05, 3.63) is 28.8 Å². The minimum absolute atomic E-state index is 0.0926. The zero-order valence-electron chi connectivity index (χ0n) is 6.53. The Kier molecular flexibility index (Phi) is 2.92. The Hall–Kier alpha value is -0.620. The number of halogens is 1. The van der Waals surface area contributed by atoms with Gasteiger partial charge < -0.3 is 0 Å². The van der Waals surface area contributed by atoms with Gasteiger partial charge in [-0.3, -0.25) is 0 Å². The number of sulfonamides is 1. The Bertz CT molecular complexity index is 416. The summed E-state index contributed by atoms with van der Waals surface area (Å²) >= 11 is 5.57. The first-order chi connectivity index (χ1) is 5.95. The van der Waals surface area contributed by atoms with Crippen LogP contribution in [-0.4, -0.2) is 8.42 Å². The van der Waals surface area contributed by atoms with Crippen molar-refractivity contribution < 1.29 is 13.5 Å². The van der Waals surface area contributed by atoms with E-state index in [2.05, 4.69) is 0 Å². The zero-order valence-corrected chi connectivity index (χ0v) is 8.10. The van der Waals surface area contributed by atoms with Crippen LogP contribution in [0.5, 0.6) is 0 Å². The number of hydrogen-bond acceptors (Lipinski definition) is 2. The highest BCUT2D eigenvalue weighted by atomic mass is 35.5. The van der Waals surface area contributed by atoms with Gasteiger partial charge in [-0.15, -0.1) is 0 Å². The maximum absolute atomic E-state index is 10.9. The molecule has 1 aromatic carbocycles. The van der Waals surface area contributed by atoms with Crippen LogP contribution in [0.4, 0.5) is 0 Å². The van der Waals surface area contributed by atoms with Crippen LogP contribution in [-0.2, 0) is 21.7 Å². The molecule has 0 aliphatic heterocycles. The molecule has 1 radical (unpaired) electrons. The van der Waals surface area contributed by atoms with Gasteiger partial charge in [-0.25, -0.2) is 18.7 Å². The summed E-state index contributed by atoms with van der Waals surface area (Å²) in [4.78, 5) is -0.160. The molecule has 0 aromatic heterocycles. The van der Waals surface area contributed by atoms with Gasteiger partial charge in [0.15, 0.2) is 0 Å². The van der Waals surface area contributed by atoms with Gasteiger partial charge in [0.05, 0.1) is 4.90 Å². The lowest BCUT2D eigenvalue weighted by atomic mass is 10.2. The topological polar surface area (TPSA) is 80.1 Å². The lowest BCUT2D eigenvalue weighted by Gasteiger charge is -2.03. The summed E-state index contributed by atoms with van der Waals surface area (Å²) in [5.41, 5.74) is 0.0926. The molecule has 0 saturated heterocycles. The third kappa shape index (κ3) is 2.41. The van der Waals surface area contributed by atoms with Gasteiger partial charge in [-0.2, -0.15) is 0 Å². The third-order valence-corrected chi connectivity index (χ3v) is 2.73. The van der Waals surface area contributed by atoms with Crippen LogP contribution >= 0.6 is 11.6 Å². The summed E-state index contributed by atoms with van der Waals surface area (Å²) < 4.78 is 21.8. The molecule has 0 amide bonds. The molecule has 0 spiro atoms. The first-order valence-corrected chi connectivity index (χ1v) is 5.27. The third-order valence-electron chi connectivity index (χ3n) is 1.48. The lowest BCUT2D eigenvalue weighted by molar-refractivity contribution is 0.175. The van der Waals surface area contributed by atoms with Crippen LogP contribution in [0.15, 0.2) is 23.1 Å². The lowest BCUT2D eigenvalue weighted by Crippen LogP contribution is -2.14. The molecule has 4 nitrogen and oxygen atoms in total. The van der Waals surface area contributed by atoms with E-state index in [9.17, 15) is 13.5 Å². The number of benzene rings is 1. The molecule has 0 bridgehead atoms. The predicted molar refractivity (Wildman–Crippen MR) is 47.2 cm³/mol. The molecular weight excluding hydrogens is 214 g/mol. The van der Waals surface area contributed by atoms with Gasteiger partial charge in [0.1, 0.15) is 6.61 Å². The van der Waals surface area contributed by atoms with Crippen molar-refractivity contribution >= 4 is 21.6 Å². The summed E-state index contributed by atoms with van der Waals surface area (Å²) in [6.07, 6.45) is 0. The minimum Gasteiger partial charge on any atom is -0.232 e.